The van der Waals surface area contributed by atoms with E-state index in [4.69, 9.17) is 16.6 Å². The third kappa shape index (κ3) is 2.41. The highest BCUT2D eigenvalue weighted by molar-refractivity contribution is 7.08. The highest BCUT2D eigenvalue weighted by Gasteiger charge is 2.17. The van der Waals surface area contributed by atoms with Crippen molar-refractivity contribution in [1.29, 1.82) is 0 Å². The van der Waals surface area contributed by atoms with Gasteiger partial charge in [-0.2, -0.15) is 11.3 Å². The Morgan fingerprint density at radius 3 is 2.71 bits per heavy atom. The van der Waals surface area contributed by atoms with Gasteiger partial charge in [0.25, 0.3) is 0 Å². The summed E-state index contributed by atoms with van der Waals surface area (Å²) < 4.78 is 0. The van der Waals surface area contributed by atoms with Crippen molar-refractivity contribution in [3.8, 4) is 11.3 Å². The van der Waals surface area contributed by atoms with E-state index in [1.807, 2.05) is 18.2 Å². The monoisotopic (exact) mass is 314 g/mol. The Morgan fingerprint density at radius 1 is 1.10 bits per heavy atom. The van der Waals surface area contributed by atoms with Crippen molar-refractivity contribution in [1.82, 2.24) is 4.98 Å². The fourth-order valence-electron chi connectivity index (χ4n) is 2.96. The summed E-state index contributed by atoms with van der Waals surface area (Å²) >= 11 is 7.90. The molecule has 21 heavy (non-hydrogen) atoms. The molecule has 1 aliphatic rings. The zero-order valence-electron chi connectivity index (χ0n) is 11.6. The number of hydrogen-bond acceptors (Lipinski definition) is 3. The quantitative estimate of drug-likeness (QED) is 0.645. The van der Waals surface area contributed by atoms with Crippen LogP contribution in [0, 0.1) is 0 Å². The molecular weight excluding hydrogens is 300 g/mol. The summed E-state index contributed by atoms with van der Waals surface area (Å²) in [7, 11) is 0. The van der Waals surface area contributed by atoms with Crippen LogP contribution < -0.4 is 4.90 Å². The van der Waals surface area contributed by atoms with Crippen LogP contribution in [0.4, 0.5) is 5.69 Å². The molecule has 3 aromatic rings. The molecule has 1 aliphatic heterocycles. The number of nitrogens with zero attached hydrogens (tertiary/aromatic N) is 2. The van der Waals surface area contributed by atoms with E-state index >= 15 is 0 Å². The van der Waals surface area contributed by atoms with Gasteiger partial charge in [0.2, 0.25) is 0 Å². The number of pyridine rings is 1. The molecule has 2 nitrogen and oxygen atoms in total. The first-order chi connectivity index (χ1) is 10.3. The first-order valence-corrected chi connectivity index (χ1v) is 8.51. The summed E-state index contributed by atoms with van der Waals surface area (Å²) in [6, 6.07) is 10.3. The van der Waals surface area contributed by atoms with Gasteiger partial charge in [-0.25, -0.2) is 4.98 Å². The number of rotatable bonds is 2. The summed E-state index contributed by atoms with van der Waals surface area (Å²) in [5, 5.41) is 6.17. The lowest BCUT2D eigenvalue weighted by molar-refractivity contribution is 0.949. The van der Waals surface area contributed by atoms with Gasteiger partial charge in [-0.05, 0) is 48.6 Å². The second kappa shape index (κ2) is 5.32. The number of halogens is 1. The van der Waals surface area contributed by atoms with Crippen molar-refractivity contribution in [2.24, 2.45) is 0 Å². The van der Waals surface area contributed by atoms with Gasteiger partial charge in [0.05, 0.1) is 11.2 Å². The van der Waals surface area contributed by atoms with Gasteiger partial charge in [0.1, 0.15) is 0 Å². The van der Waals surface area contributed by atoms with Crippen LogP contribution in [0.25, 0.3) is 22.2 Å². The molecule has 3 heterocycles. The fourth-order valence-corrected chi connectivity index (χ4v) is 3.78. The molecule has 1 aromatic carbocycles. The summed E-state index contributed by atoms with van der Waals surface area (Å²) in [4.78, 5) is 7.27. The molecule has 2 aromatic heterocycles. The third-order valence-corrected chi connectivity index (χ3v) is 4.93. The van der Waals surface area contributed by atoms with E-state index in [9.17, 15) is 0 Å². The molecule has 106 valence electrons. The van der Waals surface area contributed by atoms with Crippen LogP contribution in [0.1, 0.15) is 12.8 Å². The van der Waals surface area contributed by atoms with Crippen molar-refractivity contribution < 1.29 is 0 Å². The summed E-state index contributed by atoms with van der Waals surface area (Å²) in [5.74, 6) is 0. The summed E-state index contributed by atoms with van der Waals surface area (Å²) in [6.45, 7) is 2.24. The Hall–Kier alpha value is -1.58. The van der Waals surface area contributed by atoms with Gasteiger partial charge < -0.3 is 4.90 Å². The van der Waals surface area contributed by atoms with Crippen molar-refractivity contribution in [2.75, 3.05) is 18.0 Å². The Balaban J connectivity index is 1.96. The number of thiophene rings is 1. The fraction of sp³-hybridized carbons (Fsp3) is 0.235. The largest absolute Gasteiger partial charge is 0.371 e. The second-order valence-electron chi connectivity index (χ2n) is 5.39. The standard InChI is InChI=1S/C17H15ClN2S/c18-13-3-4-15-14(9-13)17(20-6-1-2-7-20)10-16(19-15)12-5-8-21-11-12/h3-5,8-11H,1-2,6-7H2. The topological polar surface area (TPSA) is 16.1 Å². The molecule has 0 spiro atoms. The van der Waals surface area contributed by atoms with Gasteiger partial charge in [-0.15, -0.1) is 0 Å². The lowest BCUT2D eigenvalue weighted by Gasteiger charge is -2.20. The number of fused-ring (bicyclic) bond motifs is 1. The molecule has 0 N–H and O–H groups in total. The van der Waals surface area contributed by atoms with Crippen LogP contribution >= 0.6 is 22.9 Å². The SMILES string of the molecule is Clc1ccc2nc(-c3ccsc3)cc(N3CCCC3)c2c1. The van der Waals surface area contributed by atoms with Crippen LogP contribution in [0.5, 0.6) is 0 Å². The molecule has 4 rings (SSSR count). The number of aromatic nitrogens is 1. The lowest BCUT2D eigenvalue weighted by atomic mass is 10.1. The van der Waals surface area contributed by atoms with Crippen molar-refractivity contribution in [2.45, 2.75) is 12.8 Å². The first kappa shape index (κ1) is 13.1. The number of anilines is 1. The van der Waals surface area contributed by atoms with Gasteiger partial charge in [-0.1, -0.05) is 11.6 Å². The summed E-state index contributed by atoms with van der Waals surface area (Å²) in [6.07, 6.45) is 2.52. The van der Waals surface area contributed by atoms with Crippen LogP contribution in [0.15, 0.2) is 41.1 Å². The zero-order valence-corrected chi connectivity index (χ0v) is 13.1. The molecule has 0 unspecified atom stereocenters. The lowest BCUT2D eigenvalue weighted by Crippen LogP contribution is -2.18. The third-order valence-electron chi connectivity index (χ3n) is 4.01. The van der Waals surface area contributed by atoms with Crippen molar-refractivity contribution in [3.63, 3.8) is 0 Å². The maximum atomic E-state index is 6.19. The van der Waals surface area contributed by atoms with E-state index < -0.39 is 0 Å². The number of hydrogen-bond donors (Lipinski definition) is 0. The van der Waals surface area contributed by atoms with E-state index in [-0.39, 0.29) is 0 Å². The van der Waals surface area contributed by atoms with Gasteiger partial charge >= 0.3 is 0 Å². The van der Waals surface area contributed by atoms with Crippen LogP contribution in [-0.4, -0.2) is 18.1 Å². The Morgan fingerprint density at radius 2 is 1.95 bits per heavy atom. The minimum atomic E-state index is 0.771. The Kier molecular flexibility index (Phi) is 3.32. The second-order valence-corrected chi connectivity index (χ2v) is 6.61. The molecule has 4 heteroatoms. The van der Waals surface area contributed by atoms with E-state index in [2.05, 4.69) is 27.8 Å². The molecule has 1 fully saturated rings. The average molecular weight is 315 g/mol. The first-order valence-electron chi connectivity index (χ1n) is 7.19. The molecule has 0 aliphatic carbocycles. The molecule has 0 saturated carbocycles. The van der Waals surface area contributed by atoms with Gasteiger partial charge in [0, 0.05) is 40.1 Å². The minimum Gasteiger partial charge on any atom is -0.371 e. The average Bonchev–Trinajstić information content (AvgIpc) is 3.19. The molecule has 0 atom stereocenters. The van der Waals surface area contributed by atoms with Crippen LogP contribution in [0.3, 0.4) is 0 Å². The molecule has 0 amide bonds. The number of benzene rings is 1. The van der Waals surface area contributed by atoms with Gasteiger partial charge in [-0.3, -0.25) is 0 Å². The highest BCUT2D eigenvalue weighted by atomic mass is 35.5. The Labute approximate surface area is 133 Å². The molecule has 1 saturated heterocycles. The predicted octanol–water partition coefficient (Wildman–Crippen LogP) is 5.22. The van der Waals surface area contributed by atoms with Crippen molar-refractivity contribution >= 4 is 39.5 Å². The zero-order chi connectivity index (χ0) is 14.2. The van der Waals surface area contributed by atoms with E-state index in [0.717, 1.165) is 34.7 Å². The van der Waals surface area contributed by atoms with Crippen molar-refractivity contribution in [3.05, 3.63) is 46.1 Å². The van der Waals surface area contributed by atoms with E-state index in [1.165, 1.54) is 24.1 Å². The highest BCUT2D eigenvalue weighted by Crippen LogP contribution is 2.34. The van der Waals surface area contributed by atoms with E-state index in [0.29, 0.717) is 0 Å². The molecule has 0 bridgehead atoms. The van der Waals surface area contributed by atoms with E-state index in [1.54, 1.807) is 11.3 Å². The smallest absolute Gasteiger partial charge is 0.0738 e. The maximum Gasteiger partial charge on any atom is 0.0738 e. The molecular formula is C17H15ClN2S. The van der Waals surface area contributed by atoms with Crippen LogP contribution in [0.2, 0.25) is 5.02 Å². The molecule has 0 radical (unpaired) electrons. The minimum absolute atomic E-state index is 0.771. The maximum absolute atomic E-state index is 6.19. The van der Waals surface area contributed by atoms with Crippen LogP contribution in [-0.2, 0) is 0 Å². The predicted molar refractivity (Wildman–Crippen MR) is 91.5 cm³/mol. The Bertz CT molecular complexity index is 777. The van der Waals surface area contributed by atoms with Gasteiger partial charge in [0.15, 0.2) is 0 Å². The normalized spacial score (nSPS) is 15.0. The summed E-state index contributed by atoms with van der Waals surface area (Å²) in [5.41, 5.74) is 4.52.